The van der Waals surface area contributed by atoms with Crippen molar-refractivity contribution in [3.05, 3.63) is 82.2 Å². The van der Waals surface area contributed by atoms with Gasteiger partial charge in [0.1, 0.15) is 5.60 Å². The van der Waals surface area contributed by atoms with Crippen LogP contribution in [-0.4, -0.2) is 43.1 Å². The third-order valence-electron chi connectivity index (χ3n) is 4.70. The summed E-state index contributed by atoms with van der Waals surface area (Å²) in [5.74, 6) is 0.0805. The zero-order chi connectivity index (χ0) is 24.3. The van der Waals surface area contributed by atoms with E-state index in [0.717, 1.165) is 11.1 Å². The number of thioether (sulfide) groups is 1. The van der Waals surface area contributed by atoms with Gasteiger partial charge in [-0.05, 0) is 49.6 Å². The van der Waals surface area contributed by atoms with Gasteiger partial charge in [-0.1, -0.05) is 65.8 Å². The first kappa shape index (κ1) is 26.1. The van der Waals surface area contributed by atoms with Crippen LogP contribution in [0.5, 0.6) is 0 Å². The van der Waals surface area contributed by atoms with Crippen LogP contribution in [0, 0.1) is 0 Å². The number of amides is 1. The first-order valence-corrected chi connectivity index (χ1v) is 11.6. The molecule has 1 atom stereocenters. The van der Waals surface area contributed by atoms with Gasteiger partial charge >= 0.3 is 12.1 Å². The highest BCUT2D eigenvalue weighted by atomic mass is 32.2. The quantitative estimate of drug-likeness (QED) is 0.215. The number of ether oxygens (including phenoxy) is 2. The molecular formula is C24H30N4O4S. The van der Waals surface area contributed by atoms with Gasteiger partial charge in [-0.15, -0.1) is 11.8 Å². The van der Waals surface area contributed by atoms with Crippen LogP contribution < -0.4 is 5.32 Å². The molecule has 0 radical (unpaired) electrons. The molecule has 0 heterocycles. The monoisotopic (exact) mass is 470 g/mol. The second kappa shape index (κ2) is 12.2. The summed E-state index contributed by atoms with van der Waals surface area (Å²) >= 11 is 1.41. The molecule has 0 unspecified atom stereocenters. The highest BCUT2D eigenvalue weighted by molar-refractivity contribution is 8.01. The van der Waals surface area contributed by atoms with E-state index in [1.807, 2.05) is 60.7 Å². The normalized spacial score (nSPS) is 12.2. The zero-order valence-corrected chi connectivity index (χ0v) is 20.2. The number of benzene rings is 2. The molecule has 0 aliphatic rings. The van der Waals surface area contributed by atoms with Crippen LogP contribution >= 0.6 is 11.8 Å². The molecule has 33 heavy (non-hydrogen) atoms. The summed E-state index contributed by atoms with van der Waals surface area (Å²) in [6.45, 7) is 5.39. The molecule has 0 saturated heterocycles. The van der Waals surface area contributed by atoms with Crippen molar-refractivity contribution in [3.8, 4) is 0 Å². The summed E-state index contributed by atoms with van der Waals surface area (Å²) in [7, 11) is 1.37. The van der Waals surface area contributed by atoms with Gasteiger partial charge in [0, 0.05) is 17.5 Å². The minimum absolute atomic E-state index is 0.0677. The summed E-state index contributed by atoms with van der Waals surface area (Å²) in [4.78, 5) is 28.3. The number of nitrogens with one attached hydrogen (secondary N) is 1. The third-order valence-corrected chi connectivity index (χ3v) is 6.22. The van der Waals surface area contributed by atoms with Crippen LogP contribution in [0.15, 0.2) is 65.8 Å². The molecular weight excluding hydrogens is 440 g/mol. The van der Waals surface area contributed by atoms with Crippen molar-refractivity contribution in [2.24, 2.45) is 5.11 Å². The Bertz CT molecular complexity index is 918. The number of hydrogen-bond acceptors (Lipinski definition) is 6. The summed E-state index contributed by atoms with van der Waals surface area (Å²) in [6, 6.07) is 18.4. The van der Waals surface area contributed by atoms with Gasteiger partial charge in [0.05, 0.1) is 7.11 Å². The lowest BCUT2D eigenvalue weighted by atomic mass is 9.90. The van der Waals surface area contributed by atoms with E-state index >= 15 is 0 Å². The summed E-state index contributed by atoms with van der Waals surface area (Å²) in [5, 5.41) is 6.38. The number of rotatable bonds is 10. The number of carbonyl (C=O) groups excluding carboxylic acids is 2. The lowest BCUT2D eigenvalue weighted by Gasteiger charge is -2.32. The molecule has 2 rings (SSSR count). The van der Waals surface area contributed by atoms with Gasteiger partial charge in [-0.3, -0.25) is 0 Å². The molecule has 0 aromatic heterocycles. The fourth-order valence-electron chi connectivity index (χ4n) is 3.29. The van der Waals surface area contributed by atoms with E-state index in [1.54, 1.807) is 20.8 Å². The van der Waals surface area contributed by atoms with Crippen LogP contribution in [0.25, 0.3) is 10.4 Å². The Morgan fingerprint density at radius 3 is 2.06 bits per heavy atom. The van der Waals surface area contributed by atoms with Crippen LogP contribution in [-0.2, 0) is 19.0 Å². The molecule has 0 bridgehead atoms. The Morgan fingerprint density at radius 2 is 1.61 bits per heavy atom. The molecule has 8 nitrogen and oxygen atoms in total. The summed E-state index contributed by atoms with van der Waals surface area (Å²) in [5.41, 5.74) is 9.67. The van der Waals surface area contributed by atoms with E-state index in [2.05, 4.69) is 15.3 Å². The average Bonchev–Trinajstić information content (AvgIpc) is 2.79. The molecule has 0 fully saturated rings. The maximum absolute atomic E-state index is 13.2. The molecule has 0 aliphatic heterocycles. The van der Waals surface area contributed by atoms with Crippen molar-refractivity contribution in [3.63, 3.8) is 0 Å². The number of alkyl carbamates (subject to hydrolysis) is 1. The maximum Gasteiger partial charge on any atom is 0.407 e. The molecule has 0 spiro atoms. The maximum atomic E-state index is 13.2. The molecule has 2 aromatic carbocycles. The molecule has 176 valence electrons. The average molecular weight is 471 g/mol. The standard InChI is InChI=1S/C24H30N4O4S/c1-23(2,3)32-22(30)27-20(17-26-28-25)15-16-33-24(21(29)31-4,18-11-7-5-8-12-18)19-13-9-6-10-14-19/h5-14,20H,15-17H2,1-4H3,(H,27,30)/t20-/m0/s1. The first-order valence-electron chi connectivity index (χ1n) is 10.6. The van der Waals surface area contributed by atoms with Crippen molar-refractivity contribution < 1.29 is 19.1 Å². The van der Waals surface area contributed by atoms with Gasteiger partial charge in [0.25, 0.3) is 0 Å². The molecule has 1 N–H and O–H groups in total. The second-order valence-electron chi connectivity index (χ2n) is 8.30. The van der Waals surface area contributed by atoms with E-state index in [9.17, 15) is 9.59 Å². The van der Waals surface area contributed by atoms with Crippen LogP contribution in [0.2, 0.25) is 0 Å². The Hall–Kier alpha value is -3.16. The fourth-order valence-corrected chi connectivity index (χ4v) is 4.81. The lowest BCUT2D eigenvalue weighted by Crippen LogP contribution is -2.41. The topological polar surface area (TPSA) is 113 Å². The van der Waals surface area contributed by atoms with Gasteiger partial charge in [-0.25, -0.2) is 9.59 Å². The smallest absolute Gasteiger partial charge is 0.407 e. The van der Waals surface area contributed by atoms with Crippen molar-refractivity contribution in [2.75, 3.05) is 19.4 Å². The van der Waals surface area contributed by atoms with E-state index in [1.165, 1.54) is 18.9 Å². The van der Waals surface area contributed by atoms with Gasteiger partial charge in [0.15, 0.2) is 4.75 Å². The first-order chi connectivity index (χ1) is 15.7. The fraction of sp³-hybridized carbons (Fsp3) is 0.417. The van der Waals surface area contributed by atoms with E-state index in [-0.39, 0.29) is 6.54 Å². The van der Waals surface area contributed by atoms with Crippen molar-refractivity contribution >= 4 is 23.8 Å². The number of hydrogen-bond donors (Lipinski definition) is 1. The SMILES string of the molecule is COC(=O)C(SCC[C@@H](CN=[N+]=[N-])NC(=O)OC(C)(C)C)(c1ccccc1)c1ccccc1. The second-order valence-corrected chi connectivity index (χ2v) is 9.61. The third kappa shape index (κ3) is 7.44. The molecule has 0 aliphatic carbocycles. The number of carbonyl (C=O) groups is 2. The van der Waals surface area contributed by atoms with Crippen LogP contribution in [0.4, 0.5) is 4.79 Å². The predicted molar refractivity (Wildman–Crippen MR) is 130 cm³/mol. The van der Waals surface area contributed by atoms with Crippen molar-refractivity contribution in [2.45, 2.75) is 43.6 Å². The van der Waals surface area contributed by atoms with Gasteiger partial charge in [0.2, 0.25) is 0 Å². The summed E-state index contributed by atoms with van der Waals surface area (Å²) in [6.07, 6.45) is -0.141. The Labute approximate surface area is 198 Å². The van der Waals surface area contributed by atoms with Gasteiger partial charge < -0.3 is 14.8 Å². The van der Waals surface area contributed by atoms with E-state index in [4.69, 9.17) is 15.0 Å². The number of nitrogens with zero attached hydrogens (tertiary/aromatic N) is 3. The molecule has 0 saturated carbocycles. The molecule has 1 amide bonds. The highest BCUT2D eigenvalue weighted by Gasteiger charge is 2.43. The van der Waals surface area contributed by atoms with E-state index in [0.29, 0.717) is 12.2 Å². The minimum atomic E-state index is -1.09. The number of azide groups is 1. The lowest BCUT2D eigenvalue weighted by molar-refractivity contribution is -0.142. The van der Waals surface area contributed by atoms with Gasteiger partial charge in [-0.2, -0.15) is 0 Å². The minimum Gasteiger partial charge on any atom is -0.467 e. The van der Waals surface area contributed by atoms with Crippen LogP contribution in [0.1, 0.15) is 38.3 Å². The van der Waals surface area contributed by atoms with E-state index < -0.39 is 28.5 Å². The Kier molecular flexibility index (Phi) is 9.63. The molecule has 9 heteroatoms. The van der Waals surface area contributed by atoms with Crippen molar-refractivity contribution in [1.29, 1.82) is 0 Å². The van der Waals surface area contributed by atoms with Crippen LogP contribution in [0.3, 0.4) is 0 Å². The predicted octanol–water partition coefficient (Wildman–Crippen LogP) is 5.43. The highest BCUT2D eigenvalue weighted by Crippen LogP contribution is 2.44. The van der Waals surface area contributed by atoms with Crippen molar-refractivity contribution in [1.82, 2.24) is 5.32 Å². The molecule has 2 aromatic rings. The largest absolute Gasteiger partial charge is 0.467 e. The zero-order valence-electron chi connectivity index (χ0n) is 19.4. The summed E-state index contributed by atoms with van der Waals surface area (Å²) < 4.78 is 9.48. The Morgan fingerprint density at radius 1 is 1.06 bits per heavy atom. The number of esters is 1. The number of methoxy groups -OCH3 is 1. The Balaban J connectivity index is 2.29.